The first-order chi connectivity index (χ1) is 19.8. The number of rotatable bonds is 12. The van der Waals surface area contributed by atoms with Crippen molar-refractivity contribution in [2.45, 2.75) is 61.8 Å². The van der Waals surface area contributed by atoms with Crippen molar-refractivity contribution < 1.29 is 35.1 Å². The van der Waals surface area contributed by atoms with Gasteiger partial charge in [0.2, 0.25) is 0 Å². The fraction of sp³-hybridized carbons (Fsp3) is 0.250. The largest absolute Gasteiger partial charge is 0.489 e. The number of hydrogen-bond donors (Lipinski definition) is 2. The molecule has 0 fully saturated rings. The van der Waals surface area contributed by atoms with Crippen LogP contribution in [0, 0.1) is 19.7 Å². The lowest BCUT2D eigenvalue weighted by Gasteiger charge is -2.22. The number of benzene rings is 4. The molecule has 0 unspecified atom stereocenters. The van der Waals surface area contributed by atoms with E-state index in [4.69, 9.17) is 4.74 Å². The van der Waals surface area contributed by atoms with Gasteiger partial charge in [0, 0.05) is 5.56 Å². The normalized spacial score (nSPS) is 12.0. The molecule has 0 amide bonds. The molecule has 0 atom stereocenters. The van der Waals surface area contributed by atoms with E-state index in [0.29, 0.717) is 35.3 Å². The molecule has 0 bridgehead atoms. The molecule has 2 N–H and O–H groups in total. The number of aryl methyl sites for hydroxylation is 4. The standard InChI is InChI=1S/C32H33FO7S2/c1-22-8-16-31(41(34,35)36)26(18-22)12-10-25(11-13-27-19-23(2)9-17-32(27)42(37,38)39)29-20-28(33)14-15-30(29)40-21-24-6-4-3-5-7-24/h3-9,14-20,25H,10-13,21H2,1-2H3,(H,34,35,36)(H,37,38,39). The van der Waals surface area contributed by atoms with Crippen molar-refractivity contribution in [1.29, 1.82) is 0 Å². The zero-order valence-corrected chi connectivity index (χ0v) is 25.0. The summed E-state index contributed by atoms with van der Waals surface area (Å²) in [5.74, 6) is -0.440. The first-order valence-corrected chi connectivity index (χ1v) is 16.3. The van der Waals surface area contributed by atoms with Crippen LogP contribution in [0.2, 0.25) is 0 Å². The first-order valence-electron chi connectivity index (χ1n) is 13.4. The van der Waals surface area contributed by atoms with Crippen molar-refractivity contribution in [1.82, 2.24) is 0 Å². The van der Waals surface area contributed by atoms with Crippen LogP contribution in [0.5, 0.6) is 5.75 Å². The molecule has 7 nitrogen and oxygen atoms in total. The minimum Gasteiger partial charge on any atom is -0.489 e. The van der Waals surface area contributed by atoms with Gasteiger partial charge in [-0.15, -0.1) is 0 Å². The highest BCUT2D eigenvalue weighted by Crippen LogP contribution is 2.36. The van der Waals surface area contributed by atoms with Crippen molar-refractivity contribution in [3.05, 3.63) is 124 Å². The average molecular weight is 613 g/mol. The van der Waals surface area contributed by atoms with Gasteiger partial charge in [0.05, 0.1) is 9.79 Å². The number of hydrogen-bond acceptors (Lipinski definition) is 5. The molecule has 0 aliphatic heterocycles. The maximum absolute atomic E-state index is 14.7. The van der Waals surface area contributed by atoms with Crippen molar-refractivity contribution in [2.75, 3.05) is 0 Å². The van der Waals surface area contributed by atoms with Crippen molar-refractivity contribution in [3.8, 4) is 5.75 Å². The van der Waals surface area contributed by atoms with E-state index in [0.717, 1.165) is 16.7 Å². The number of ether oxygens (including phenoxy) is 1. The predicted octanol–water partition coefficient (Wildman–Crippen LogP) is 6.86. The quantitative estimate of drug-likeness (QED) is 0.168. The Morgan fingerprint density at radius 3 is 1.74 bits per heavy atom. The molecular formula is C32H33FO7S2. The van der Waals surface area contributed by atoms with Gasteiger partial charge in [-0.1, -0.05) is 65.7 Å². The molecule has 42 heavy (non-hydrogen) atoms. The molecule has 4 rings (SSSR count). The molecule has 0 aromatic heterocycles. The van der Waals surface area contributed by atoms with Gasteiger partial charge >= 0.3 is 0 Å². The second-order valence-electron chi connectivity index (χ2n) is 10.4. The molecule has 0 radical (unpaired) electrons. The van der Waals surface area contributed by atoms with Crippen molar-refractivity contribution in [3.63, 3.8) is 0 Å². The van der Waals surface area contributed by atoms with E-state index in [1.54, 1.807) is 30.3 Å². The van der Waals surface area contributed by atoms with E-state index in [1.807, 2.05) is 44.2 Å². The zero-order chi connectivity index (χ0) is 30.5. The average Bonchev–Trinajstić information content (AvgIpc) is 2.91. The fourth-order valence-electron chi connectivity index (χ4n) is 5.13. The summed E-state index contributed by atoms with van der Waals surface area (Å²) in [5.41, 5.74) is 3.92. The highest BCUT2D eigenvalue weighted by molar-refractivity contribution is 7.86. The minimum atomic E-state index is -4.48. The topological polar surface area (TPSA) is 118 Å². The van der Waals surface area contributed by atoms with Crippen molar-refractivity contribution in [2.24, 2.45) is 0 Å². The van der Waals surface area contributed by atoms with Crippen LogP contribution in [0.4, 0.5) is 4.39 Å². The van der Waals surface area contributed by atoms with Crippen molar-refractivity contribution >= 4 is 20.2 Å². The maximum Gasteiger partial charge on any atom is 0.294 e. The highest BCUT2D eigenvalue weighted by atomic mass is 32.2. The van der Waals surface area contributed by atoms with Crippen LogP contribution in [0.25, 0.3) is 0 Å². The Hall–Kier alpha value is -3.57. The van der Waals surface area contributed by atoms with Gasteiger partial charge in [-0.3, -0.25) is 9.11 Å². The van der Waals surface area contributed by atoms with E-state index in [2.05, 4.69) is 0 Å². The molecule has 4 aromatic rings. The molecule has 0 spiro atoms. The molecule has 0 saturated heterocycles. The van der Waals surface area contributed by atoms with Gasteiger partial charge in [-0.2, -0.15) is 16.8 Å². The van der Waals surface area contributed by atoms with Gasteiger partial charge in [0.1, 0.15) is 18.2 Å². The lowest BCUT2D eigenvalue weighted by molar-refractivity contribution is 0.299. The van der Waals surface area contributed by atoms with Crippen LogP contribution >= 0.6 is 0 Å². The monoisotopic (exact) mass is 612 g/mol. The lowest BCUT2D eigenvalue weighted by atomic mass is 9.86. The summed E-state index contributed by atoms with van der Waals surface area (Å²) < 4.78 is 88.7. The third-order valence-corrected chi connectivity index (χ3v) is 9.07. The summed E-state index contributed by atoms with van der Waals surface area (Å²) in [7, 11) is -8.96. The van der Waals surface area contributed by atoms with Crippen LogP contribution in [-0.4, -0.2) is 25.9 Å². The van der Waals surface area contributed by atoms with Gasteiger partial charge in [0.25, 0.3) is 20.2 Å². The summed E-state index contributed by atoms with van der Waals surface area (Å²) in [6.07, 6.45) is 1.14. The molecule has 10 heteroatoms. The van der Waals surface area contributed by atoms with Crippen LogP contribution in [0.3, 0.4) is 0 Å². The highest BCUT2D eigenvalue weighted by Gasteiger charge is 2.23. The van der Waals surface area contributed by atoms with Crippen LogP contribution < -0.4 is 4.74 Å². The first kappa shape index (κ1) is 31.4. The van der Waals surface area contributed by atoms with E-state index < -0.39 is 32.0 Å². The Balaban J connectivity index is 1.71. The minimum absolute atomic E-state index is 0.195. The summed E-state index contributed by atoms with van der Waals surface area (Å²) in [5, 5.41) is 0. The van der Waals surface area contributed by atoms with Gasteiger partial charge in [0.15, 0.2) is 0 Å². The van der Waals surface area contributed by atoms with E-state index >= 15 is 0 Å². The van der Waals surface area contributed by atoms with E-state index in [-0.39, 0.29) is 29.2 Å². The molecule has 0 aliphatic rings. The van der Waals surface area contributed by atoms with E-state index in [9.17, 15) is 30.3 Å². The molecule has 0 saturated carbocycles. The summed E-state index contributed by atoms with van der Waals surface area (Å²) in [6.45, 7) is 3.86. The molecule has 4 aromatic carbocycles. The molecule has 222 valence electrons. The molecule has 0 aliphatic carbocycles. The Bertz CT molecular complexity index is 1680. The summed E-state index contributed by atoms with van der Waals surface area (Å²) in [4.78, 5) is -0.391. The lowest BCUT2D eigenvalue weighted by Crippen LogP contribution is -2.10. The third-order valence-electron chi connectivity index (χ3n) is 7.16. The summed E-state index contributed by atoms with van der Waals surface area (Å²) in [6, 6.07) is 23.0. The SMILES string of the molecule is Cc1ccc(S(=O)(=O)O)c(CCC(CCc2cc(C)ccc2S(=O)(=O)O)c2cc(F)ccc2OCc2ccccc2)c1. The second-order valence-corrected chi connectivity index (χ2v) is 13.2. The van der Waals surface area contributed by atoms with E-state index in [1.165, 1.54) is 24.3 Å². The third kappa shape index (κ3) is 8.25. The molecular weight excluding hydrogens is 579 g/mol. The van der Waals surface area contributed by atoms with Gasteiger partial charge in [-0.25, -0.2) is 4.39 Å². The Kier molecular flexibility index (Phi) is 9.83. The summed E-state index contributed by atoms with van der Waals surface area (Å²) >= 11 is 0. The Labute approximate surface area is 246 Å². The second kappa shape index (κ2) is 13.2. The smallest absolute Gasteiger partial charge is 0.294 e. The van der Waals surface area contributed by atoms with Gasteiger partial charge < -0.3 is 4.74 Å². The number of halogens is 1. The van der Waals surface area contributed by atoms with Gasteiger partial charge in [-0.05, 0) is 92.5 Å². The van der Waals surface area contributed by atoms with Crippen LogP contribution in [-0.2, 0) is 39.7 Å². The fourth-order valence-corrected chi connectivity index (χ4v) is 6.60. The maximum atomic E-state index is 14.7. The Morgan fingerprint density at radius 2 is 1.24 bits per heavy atom. The van der Waals surface area contributed by atoms with Crippen LogP contribution in [0.15, 0.2) is 94.7 Å². The Morgan fingerprint density at radius 1 is 0.714 bits per heavy atom. The predicted molar refractivity (Wildman–Crippen MR) is 159 cm³/mol. The molecule has 0 heterocycles. The van der Waals surface area contributed by atoms with Crippen LogP contribution in [0.1, 0.15) is 52.1 Å². The zero-order valence-electron chi connectivity index (χ0n) is 23.3.